The van der Waals surface area contributed by atoms with Crippen LogP contribution in [-0.2, 0) is 6.42 Å². The average molecular weight is 438 g/mol. The zero-order valence-corrected chi connectivity index (χ0v) is 19.9. The zero-order chi connectivity index (χ0) is 22.6. The predicted molar refractivity (Wildman–Crippen MR) is 129 cm³/mol. The number of pyridine rings is 1. The molecule has 32 heavy (non-hydrogen) atoms. The molecule has 4 heteroatoms. The average Bonchev–Trinajstić information content (AvgIpc) is 2.83. The van der Waals surface area contributed by atoms with Crippen molar-refractivity contribution < 1.29 is 14.3 Å². The van der Waals surface area contributed by atoms with E-state index in [1.165, 1.54) is 51.4 Å². The number of carbonyl (C=O) groups is 1. The summed E-state index contributed by atoms with van der Waals surface area (Å²) in [5, 5.41) is 0. The van der Waals surface area contributed by atoms with E-state index in [0.29, 0.717) is 17.9 Å². The van der Waals surface area contributed by atoms with Crippen LogP contribution >= 0.6 is 0 Å². The summed E-state index contributed by atoms with van der Waals surface area (Å²) in [6.07, 6.45) is 15.6. The molecule has 1 fully saturated rings. The minimum absolute atomic E-state index is 0.375. The number of ether oxygens (including phenoxy) is 2. The Labute approximate surface area is 193 Å². The summed E-state index contributed by atoms with van der Waals surface area (Å²) in [6, 6.07) is 10.9. The SMILES string of the molecule is CCCCOc1ccc(C(=O)Oc2ccc(CC[C@H]3CC[C@H](CCCC)CC3)nc2)cc1. The molecule has 0 aliphatic heterocycles. The Morgan fingerprint density at radius 2 is 1.53 bits per heavy atom. The summed E-state index contributed by atoms with van der Waals surface area (Å²) in [4.78, 5) is 16.9. The number of hydrogen-bond acceptors (Lipinski definition) is 4. The first-order valence-corrected chi connectivity index (χ1v) is 12.6. The van der Waals surface area contributed by atoms with Crippen molar-refractivity contribution in [2.24, 2.45) is 11.8 Å². The molecule has 4 nitrogen and oxygen atoms in total. The summed E-state index contributed by atoms with van der Waals surface area (Å²) in [6.45, 7) is 5.11. The van der Waals surface area contributed by atoms with E-state index in [1.807, 2.05) is 24.3 Å². The van der Waals surface area contributed by atoms with Crippen molar-refractivity contribution in [3.05, 3.63) is 53.9 Å². The molecule has 0 amide bonds. The molecule has 1 aromatic heterocycles. The standard InChI is InChI=1S/C28H39NO3/c1-3-5-7-22-8-10-23(11-9-22)12-15-25-16-19-27(21-29-25)32-28(30)24-13-17-26(18-14-24)31-20-6-4-2/h13-14,16-19,21-23H,3-12,15,20H2,1-2H3/t22-,23-. The van der Waals surface area contributed by atoms with Crippen molar-refractivity contribution in [2.45, 2.75) is 84.5 Å². The van der Waals surface area contributed by atoms with Gasteiger partial charge in [0.2, 0.25) is 0 Å². The number of rotatable bonds is 12. The van der Waals surface area contributed by atoms with E-state index in [9.17, 15) is 4.79 Å². The topological polar surface area (TPSA) is 48.4 Å². The monoisotopic (exact) mass is 437 g/mol. The van der Waals surface area contributed by atoms with Gasteiger partial charge in [-0.2, -0.15) is 0 Å². The molecule has 1 aromatic carbocycles. The van der Waals surface area contributed by atoms with Gasteiger partial charge in [-0.1, -0.05) is 65.2 Å². The molecule has 3 rings (SSSR count). The first-order chi connectivity index (χ1) is 15.7. The van der Waals surface area contributed by atoms with E-state index in [0.717, 1.165) is 42.5 Å². The van der Waals surface area contributed by atoms with Gasteiger partial charge < -0.3 is 9.47 Å². The molecule has 0 N–H and O–H groups in total. The van der Waals surface area contributed by atoms with Crippen LogP contribution < -0.4 is 9.47 Å². The van der Waals surface area contributed by atoms with Crippen molar-refractivity contribution in [1.82, 2.24) is 4.98 Å². The van der Waals surface area contributed by atoms with Gasteiger partial charge in [-0.15, -0.1) is 0 Å². The minimum atomic E-state index is -0.375. The van der Waals surface area contributed by atoms with Crippen molar-refractivity contribution in [3.63, 3.8) is 0 Å². The highest BCUT2D eigenvalue weighted by atomic mass is 16.5. The lowest BCUT2D eigenvalue weighted by Gasteiger charge is -2.28. The van der Waals surface area contributed by atoms with Crippen LogP contribution in [0.25, 0.3) is 0 Å². The molecule has 0 saturated heterocycles. The molecule has 1 aliphatic rings. The van der Waals surface area contributed by atoms with Crippen LogP contribution in [0.4, 0.5) is 0 Å². The Kier molecular flexibility index (Phi) is 10.1. The number of unbranched alkanes of at least 4 members (excludes halogenated alkanes) is 2. The molecular formula is C28H39NO3. The maximum Gasteiger partial charge on any atom is 0.343 e. The minimum Gasteiger partial charge on any atom is -0.494 e. The van der Waals surface area contributed by atoms with Gasteiger partial charge in [0.1, 0.15) is 11.5 Å². The van der Waals surface area contributed by atoms with E-state index in [2.05, 4.69) is 18.8 Å². The predicted octanol–water partition coefficient (Wildman–Crippen LogP) is 7.41. The van der Waals surface area contributed by atoms with Crippen molar-refractivity contribution in [3.8, 4) is 11.5 Å². The summed E-state index contributed by atoms with van der Waals surface area (Å²) in [5.41, 5.74) is 1.58. The smallest absolute Gasteiger partial charge is 0.343 e. The van der Waals surface area contributed by atoms with Crippen molar-refractivity contribution in [1.29, 1.82) is 0 Å². The Morgan fingerprint density at radius 1 is 0.875 bits per heavy atom. The summed E-state index contributed by atoms with van der Waals surface area (Å²) < 4.78 is 11.1. The number of nitrogens with zero attached hydrogens (tertiary/aromatic N) is 1. The van der Waals surface area contributed by atoms with E-state index in [1.54, 1.807) is 18.3 Å². The molecule has 0 atom stereocenters. The van der Waals surface area contributed by atoms with Crippen LogP contribution in [0.3, 0.4) is 0 Å². The van der Waals surface area contributed by atoms with Crippen LogP contribution in [0.1, 0.15) is 94.1 Å². The third-order valence-corrected chi connectivity index (χ3v) is 6.61. The molecule has 0 radical (unpaired) electrons. The fourth-order valence-electron chi connectivity index (χ4n) is 4.46. The second kappa shape index (κ2) is 13.2. The maximum atomic E-state index is 12.4. The first kappa shape index (κ1) is 24.3. The lowest BCUT2D eigenvalue weighted by Crippen LogP contribution is -2.15. The van der Waals surface area contributed by atoms with Gasteiger partial charge >= 0.3 is 5.97 Å². The highest BCUT2D eigenvalue weighted by Crippen LogP contribution is 2.34. The Balaban J connectivity index is 1.40. The van der Waals surface area contributed by atoms with Crippen LogP contribution in [0.2, 0.25) is 0 Å². The maximum absolute atomic E-state index is 12.4. The molecule has 0 spiro atoms. The number of benzene rings is 1. The van der Waals surface area contributed by atoms with Crippen molar-refractivity contribution in [2.75, 3.05) is 6.61 Å². The first-order valence-electron chi connectivity index (χ1n) is 12.6. The lowest BCUT2D eigenvalue weighted by molar-refractivity contribution is 0.0734. The van der Waals surface area contributed by atoms with E-state index in [-0.39, 0.29) is 5.97 Å². The second-order valence-corrected chi connectivity index (χ2v) is 9.17. The van der Waals surface area contributed by atoms with Gasteiger partial charge in [0.25, 0.3) is 0 Å². The molecule has 2 aromatic rings. The molecule has 174 valence electrons. The van der Waals surface area contributed by atoms with Gasteiger partial charge in [-0.05, 0) is 67.5 Å². The number of esters is 1. The number of carbonyl (C=O) groups excluding carboxylic acids is 1. The number of aryl methyl sites for hydroxylation is 1. The van der Waals surface area contributed by atoms with Crippen molar-refractivity contribution >= 4 is 5.97 Å². The van der Waals surface area contributed by atoms with E-state index < -0.39 is 0 Å². The fourth-order valence-corrected chi connectivity index (χ4v) is 4.46. The van der Waals surface area contributed by atoms with Gasteiger partial charge in [-0.25, -0.2) is 4.79 Å². The Hall–Kier alpha value is -2.36. The molecule has 0 unspecified atom stereocenters. The third-order valence-electron chi connectivity index (χ3n) is 6.61. The van der Waals surface area contributed by atoms with Gasteiger partial charge in [0.05, 0.1) is 18.4 Å². The molecular weight excluding hydrogens is 398 g/mol. The van der Waals surface area contributed by atoms with E-state index >= 15 is 0 Å². The fraction of sp³-hybridized carbons (Fsp3) is 0.571. The molecule has 0 bridgehead atoms. The lowest BCUT2D eigenvalue weighted by atomic mass is 9.78. The van der Waals surface area contributed by atoms with Crippen LogP contribution in [-0.4, -0.2) is 17.6 Å². The van der Waals surface area contributed by atoms with Crippen LogP contribution in [0, 0.1) is 11.8 Å². The molecule has 1 heterocycles. The zero-order valence-electron chi connectivity index (χ0n) is 19.9. The second-order valence-electron chi connectivity index (χ2n) is 9.17. The highest BCUT2D eigenvalue weighted by molar-refractivity contribution is 5.91. The molecule has 1 saturated carbocycles. The third kappa shape index (κ3) is 7.96. The largest absolute Gasteiger partial charge is 0.494 e. The van der Waals surface area contributed by atoms with Gasteiger partial charge in [0, 0.05) is 5.69 Å². The van der Waals surface area contributed by atoms with Gasteiger partial charge in [0.15, 0.2) is 0 Å². The van der Waals surface area contributed by atoms with E-state index in [4.69, 9.17) is 9.47 Å². The normalized spacial score (nSPS) is 18.3. The summed E-state index contributed by atoms with van der Waals surface area (Å²) >= 11 is 0. The molecule has 1 aliphatic carbocycles. The number of hydrogen-bond donors (Lipinski definition) is 0. The number of aromatic nitrogens is 1. The Bertz CT molecular complexity index is 792. The van der Waals surface area contributed by atoms with Crippen LogP contribution in [0.15, 0.2) is 42.6 Å². The summed E-state index contributed by atoms with van der Waals surface area (Å²) in [7, 11) is 0. The van der Waals surface area contributed by atoms with Gasteiger partial charge in [-0.3, -0.25) is 4.98 Å². The quantitative estimate of drug-likeness (QED) is 0.256. The summed E-state index contributed by atoms with van der Waals surface area (Å²) in [5.74, 6) is 2.68. The highest BCUT2D eigenvalue weighted by Gasteiger charge is 2.20. The van der Waals surface area contributed by atoms with Crippen LogP contribution in [0.5, 0.6) is 11.5 Å². The Morgan fingerprint density at radius 3 is 2.16 bits per heavy atom.